The molecule has 1 fully saturated rings. The Kier molecular flexibility index (Phi) is 3.44. The third-order valence-electron chi connectivity index (χ3n) is 3.36. The van der Waals surface area contributed by atoms with Gasteiger partial charge < -0.3 is 10.1 Å². The highest BCUT2D eigenvalue weighted by Crippen LogP contribution is 2.32. The van der Waals surface area contributed by atoms with Crippen LogP contribution in [0.5, 0.6) is 0 Å². The highest BCUT2D eigenvalue weighted by molar-refractivity contribution is 4.93. The summed E-state index contributed by atoms with van der Waals surface area (Å²) in [4.78, 5) is 0. The zero-order chi connectivity index (χ0) is 12.5. The fourth-order valence-electron chi connectivity index (χ4n) is 2.28. The largest absolute Gasteiger partial charge is 0.375 e. The van der Waals surface area contributed by atoms with Crippen LogP contribution in [0.1, 0.15) is 51.5 Å². The van der Waals surface area contributed by atoms with E-state index in [2.05, 4.69) is 41.6 Å². The first kappa shape index (κ1) is 12.4. The van der Waals surface area contributed by atoms with Crippen LogP contribution >= 0.6 is 0 Å². The van der Waals surface area contributed by atoms with Gasteiger partial charge in [0.15, 0.2) is 5.82 Å². The molecule has 2 unspecified atom stereocenters. The number of hydrogen-bond donors (Lipinski definition) is 1. The van der Waals surface area contributed by atoms with Gasteiger partial charge in [0.25, 0.3) is 0 Å². The molecular formula is C11H21N5O. The van der Waals surface area contributed by atoms with Gasteiger partial charge >= 0.3 is 0 Å². The van der Waals surface area contributed by atoms with Crippen molar-refractivity contribution >= 4 is 0 Å². The van der Waals surface area contributed by atoms with Gasteiger partial charge in [-0.05, 0) is 51.1 Å². The van der Waals surface area contributed by atoms with Gasteiger partial charge in [-0.3, -0.25) is 0 Å². The average molecular weight is 239 g/mol. The van der Waals surface area contributed by atoms with Gasteiger partial charge in [0.2, 0.25) is 0 Å². The minimum atomic E-state index is -0.0883. The van der Waals surface area contributed by atoms with Crippen molar-refractivity contribution < 1.29 is 4.74 Å². The lowest BCUT2D eigenvalue weighted by atomic mass is 9.94. The number of ether oxygens (including phenoxy) is 1. The minimum Gasteiger partial charge on any atom is -0.375 e. The molecule has 2 heterocycles. The SMILES string of the molecule is CNC(C)c1nnnn1C1CCOC(C)(C)C1. The molecule has 1 aliphatic heterocycles. The summed E-state index contributed by atoms with van der Waals surface area (Å²) < 4.78 is 7.67. The zero-order valence-electron chi connectivity index (χ0n) is 11.0. The summed E-state index contributed by atoms with van der Waals surface area (Å²) in [5.41, 5.74) is -0.0883. The molecule has 0 amide bonds. The molecule has 17 heavy (non-hydrogen) atoms. The standard InChI is InChI=1S/C11H21N5O/c1-8(12-4)10-13-14-15-16(10)9-5-6-17-11(2,3)7-9/h8-9,12H,5-7H2,1-4H3. The van der Waals surface area contributed by atoms with Gasteiger partial charge in [-0.1, -0.05) is 0 Å². The number of nitrogens with zero attached hydrogens (tertiary/aromatic N) is 4. The molecule has 96 valence electrons. The van der Waals surface area contributed by atoms with Gasteiger partial charge in [-0.15, -0.1) is 5.10 Å². The van der Waals surface area contributed by atoms with E-state index < -0.39 is 0 Å². The Morgan fingerprint density at radius 2 is 2.29 bits per heavy atom. The topological polar surface area (TPSA) is 64.9 Å². The number of hydrogen-bond acceptors (Lipinski definition) is 5. The summed E-state index contributed by atoms with van der Waals surface area (Å²) in [6, 6.07) is 0.496. The molecule has 0 spiro atoms. The quantitative estimate of drug-likeness (QED) is 0.855. The Morgan fingerprint density at radius 1 is 1.53 bits per heavy atom. The molecule has 0 radical (unpaired) electrons. The first-order valence-corrected chi connectivity index (χ1v) is 6.12. The lowest BCUT2D eigenvalue weighted by Crippen LogP contribution is -2.36. The molecule has 2 rings (SSSR count). The van der Waals surface area contributed by atoms with Gasteiger partial charge in [0.1, 0.15) is 0 Å². The highest BCUT2D eigenvalue weighted by atomic mass is 16.5. The van der Waals surface area contributed by atoms with Crippen molar-refractivity contribution in [3.63, 3.8) is 0 Å². The summed E-state index contributed by atoms with van der Waals surface area (Å²) in [6.07, 6.45) is 1.92. The maximum Gasteiger partial charge on any atom is 0.168 e. The minimum absolute atomic E-state index is 0.0883. The molecular weight excluding hydrogens is 218 g/mol. The Bertz CT molecular complexity index is 376. The molecule has 1 aromatic heterocycles. The number of nitrogens with one attached hydrogen (secondary N) is 1. The molecule has 1 saturated heterocycles. The predicted molar refractivity (Wildman–Crippen MR) is 63.6 cm³/mol. The third kappa shape index (κ3) is 2.63. The summed E-state index contributed by atoms with van der Waals surface area (Å²) in [5, 5.41) is 15.2. The van der Waals surface area contributed by atoms with Crippen LogP contribution < -0.4 is 5.32 Å². The predicted octanol–water partition coefficient (Wildman–Crippen LogP) is 1.08. The summed E-state index contributed by atoms with van der Waals surface area (Å²) >= 11 is 0. The van der Waals surface area contributed by atoms with Crippen LogP contribution in [0.15, 0.2) is 0 Å². The van der Waals surface area contributed by atoms with Gasteiger partial charge in [0.05, 0.1) is 17.7 Å². The highest BCUT2D eigenvalue weighted by Gasteiger charge is 2.32. The van der Waals surface area contributed by atoms with Crippen molar-refractivity contribution in [3.8, 4) is 0 Å². The van der Waals surface area contributed by atoms with E-state index in [4.69, 9.17) is 4.74 Å². The van der Waals surface area contributed by atoms with Crippen LogP contribution in [0.2, 0.25) is 0 Å². The molecule has 1 aliphatic rings. The van der Waals surface area contributed by atoms with Crippen LogP contribution in [0.4, 0.5) is 0 Å². The Morgan fingerprint density at radius 3 is 2.94 bits per heavy atom. The molecule has 6 nitrogen and oxygen atoms in total. The lowest BCUT2D eigenvalue weighted by Gasteiger charge is -2.35. The summed E-state index contributed by atoms with van der Waals surface area (Å²) in [6.45, 7) is 7.06. The van der Waals surface area contributed by atoms with Crippen molar-refractivity contribution in [2.75, 3.05) is 13.7 Å². The van der Waals surface area contributed by atoms with E-state index in [1.54, 1.807) is 0 Å². The van der Waals surface area contributed by atoms with Gasteiger partial charge in [-0.2, -0.15) is 0 Å². The number of rotatable bonds is 3. The van der Waals surface area contributed by atoms with Crippen LogP contribution in [-0.4, -0.2) is 39.5 Å². The van der Waals surface area contributed by atoms with E-state index in [9.17, 15) is 0 Å². The van der Waals surface area contributed by atoms with Crippen LogP contribution in [0, 0.1) is 0 Å². The summed E-state index contributed by atoms with van der Waals surface area (Å²) in [5.74, 6) is 0.898. The normalized spacial score (nSPS) is 25.8. The van der Waals surface area contributed by atoms with E-state index in [1.807, 2.05) is 11.7 Å². The van der Waals surface area contributed by atoms with E-state index in [-0.39, 0.29) is 11.6 Å². The van der Waals surface area contributed by atoms with Crippen LogP contribution in [-0.2, 0) is 4.74 Å². The molecule has 0 aromatic carbocycles. The van der Waals surface area contributed by atoms with E-state index in [0.29, 0.717) is 6.04 Å². The van der Waals surface area contributed by atoms with E-state index in [1.165, 1.54) is 0 Å². The Labute approximate surface area is 102 Å². The van der Waals surface area contributed by atoms with Crippen molar-refractivity contribution in [3.05, 3.63) is 5.82 Å². The zero-order valence-corrected chi connectivity index (χ0v) is 11.0. The molecule has 1 N–H and O–H groups in total. The number of aromatic nitrogens is 4. The third-order valence-corrected chi connectivity index (χ3v) is 3.36. The number of tetrazole rings is 1. The second-order valence-electron chi connectivity index (χ2n) is 5.25. The first-order chi connectivity index (χ1) is 8.03. The second kappa shape index (κ2) is 4.70. The molecule has 1 aromatic rings. The maximum absolute atomic E-state index is 5.72. The van der Waals surface area contributed by atoms with Gasteiger partial charge in [0, 0.05) is 6.61 Å². The van der Waals surface area contributed by atoms with Crippen molar-refractivity contribution in [2.45, 2.75) is 51.3 Å². The molecule has 0 saturated carbocycles. The van der Waals surface area contributed by atoms with Gasteiger partial charge in [-0.25, -0.2) is 4.68 Å². The Hall–Kier alpha value is -1.01. The second-order valence-corrected chi connectivity index (χ2v) is 5.25. The van der Waals surface area contributed by atoms with E-state index in [0.717, 1.165) is 25.3 Å². The van der Waals surface area contributed by atoms with Crippen LogP contribution in [0.3, 0.4) is 0 Å². The van der Waals surface area contributed by atoms with Crippen LogP contribution in [0.25, 0.3) is 0 Å². The summed E-state index contributed by atoms with van der Waals surface area (Å²) in [7, 11) is 1.91. The van der Waals surface area contributed by atoms with Crippen molar-refractivity contribution in [1.82, 2.24) is 25.5 Å². The van der Waals surface area contributed by atoms with E-state index >= 15 is 0 Å². The fourth-order valence-corrected chi connectivity index (χ4v) is 2.28. The molecule has 0 bridgehead atoms. The first-order valence-electron chi connectivity index (χ1n) is 6.12. The fraction of sp³-hybridized carbons (Fsp3) is 0.909. The average Bonchev–Trinajstić information content (AvgIpc) is 2.75. The molecule has 2 atom stereocenters. The maximum atomic E-state index is 5.72. The monoisotopic (exact) mass is 239 g/mol. The molecule has 0 aliphatic carbocycles. The van der Waals surface area contributed by atoms with Crippen molar-refractivity contribution in [2.24, 2.45) is 0 Å². The molecule has 6 heteroatoms. The smallest absolute Gasteiger partial charge is 0.168 e. The lowest BCUT2D eigenvalue weighted by molar-refractivity contribution is -0.0715. The van der Waals surface area contributed by atoms with Crippen molar-refractivity contribution in [1.29, 1.82) is 0 Å². The Balaban J connectivity index is 2.19.